The molecule has 164 valence electrons. The third-order valence-electron chi connectivity index (χ3n) is 5.86. The van der Waals surface area contributed by atoms with Gasteiger partial charge < -0.3 is 14.7 Å². The molecule has 0 amide bonds. The smallest absolute Gasteiger partial charge is 0.218 e. The Morgan fingerprint density at radius 2 is 1.90 bits per heavy atom. The molecule has 1 aliphatic heterocycles. The predicted octanol–water partition coefficient (Wildman–Crippen LogP) is 2.60. The summed E-state index contributed by atoms with van der Waals surface area (Å²) in [6.45, 7) is 3.12. The summed E-state index contributed by atoms with van der Waals surface area (Å²) >= 11 is 0. The summed E-state index contributed by atoms with van der Waals surface area (Å²) in [6, 6.07) is 15.0. The molecule has 2 unspecified atom stereocenters. The molecular weight excluding hydrogens is 400 g/mol. The van der Waals surface area contributed by atoms with Crippen LogP contribution in [0.2, 0.25) is 0 Å². The highest BCUT2D eigenvalue weighted by Crippen LogP contribution is 2.40. The molecule has 0 bridgehead atoms. The van der Waals surface area contributed by atoms with Crippen molar-refractivity contribution in [3.8, 4) is 5.75 Å². The average Bonchev–Trinajstić information content (AvgIpc) is 2.71. The summed E-state index contributed by atoms with van der Waals surface area (Å²) in [5.41, 5.74) is 1.53. The number of sulfonamides is 1. The Morgan fingerprint density at radius 1 is 1.20 bits per heavy atom. The molecule has 1 N–H and O–H groups in total. The maximum atomic E-state index is 13.1. The van der Waals surface area contributed by atoms with Crippen LogP contribution in [0.4, 0.5) is 0 Å². The van der Waals surface area contributed by atoms with Crippen LogP contribution in [0.15, 0.2) is 48.5 Å². The van der Waals surface area contributed by atoms with Gasteiger partial charge >= 0.3 is 0 Å². The fraction of sp³-hybridized carbons (Fsp3) is 0.478. The molecule has 2 aromatic rings. The number of benzene rings is 2. The molecule has 7 heteroatoms. The standard InChI is InChI=1S/C23H32N2O4S/c1-18-8-10-19(11-9-18)17-30(27,28)25-13-12-23(26,21(16-25)15-24(2)3)20-6-5-7-22(14-20)29-4/h5-11,14,21,26H,12-13,15-17H2,1-4H3. The number of hydrogen-bond acceptors (Lipinski definition) is 5. The van der Waals surface area contributed by atoms with Gasteiger partial charge in [-0.1, -0.05) is 42.0 Å². The van der Waals surface area contributed by atoms with E-state index in [0.29, 0.717) is 18.7 Å². The molecule has 6 nitrogen and oxygen atoms in total. The lowest BCUT2D eigenvalue weighted by molar-refractivity contribution is -0.0698. The van der Waals surface area contributed by atoms with E-state index in [-0.39, 0.29) is 24.8 Å². The van der Waals surface area contributed by atoms with Gasteiger partial charge in [0, 0.05) is 25.6 Å². The number of aliphatic hydroxyl groups is 1. The maximum Gasteiger partial charge on any atom is 0.218 e. The van der Waals surface area contributed by atoms with Gasteiger partial charge in [-0.25, -0.2) is 12.7 Å². The Balaban J connectivity index is 1.85. The molecule has 3 rings (SSSR count). The molecule has 1 fully saturated rings. The SMILES string of the molecule is COc1cccc(C2(O)CCN(S(=O)(=O)Cc3ccc(C)cc3)CC2CN(C)C)c1. The van der Waals surface area contributed by atoms with Crippen LogP contribution < -0.4 is 4.74 Å². The summed E-state index contributed by atoms with van der Waals surface area (Å²) in [6.07, 6.45) is 0.339. The topological polar surface area (TPSA) is 70.1 Å². The first-order chi connectivity index (χ1) is 14.1. The monoisotopic (exact) mass is 432 g/mol. The van der Waals surface area contributed by atoms with Crippen molar-refractivity contribution in [1.29, 1.82) is 0 Å². The van der Waals surface area contributed by atoms with E-state index in [1.54, 1.807) is 7.11 Å². The van der Waals surface area contributed by atoms with E-state index in [9.17, 15) is 13.5 Å². The van der Waals surface area contributed by atoms with Crippen LogP contribution >= 0.6 is 0 Å². The molecule has 1 aliphatic rings. The van der Waals surface area contributed by atoms with Crippen LogP contribution in [0.25, 0.3) is 0 Å². The Bertz CT molecular complexity index is 959. The molecule has 0 radical (unpaired) electrons. The third-order valence-corrected chi connectivity index (χ3v) is 7.68. The van der Waals surface area contributed by atoms with E-state index in [1.165, 1.54) is 4.31 Å². The van der Waals surface area contributed by atoms with Crippen LogP contribution in [0.5, 0.6) is 5.75 Å². The van der Waals surface area contributed by atoms with E-state index in [1.807, 2.05) is 74.4 Å². The lowest BCUT2D eigenvalue weighted by atomic mass is 9.76. The molecule has 0 saturated carbocycles. The number of methoxy groups -OCH3 is 1. The number of ether oxygens (including phenoxy) is 1. The summed E-state index contributed by atoms with van der Waals surface area (Å²) in [5, 5.41) is 11.7. The second kappa shape index (κ2) is 9.06. The molecule has 0 spiro atoms. The van der Waals surface area contributed by atoms with E-state index in [4.69, 9.17) is 4.74 Å². The van der Waals surface area contributed by atoms with E-state index in [0.717, 1.165) is 16.7 Å². The maximum absolute atomic E-state index is 13.1. The molecule has 1 saturated heterocycles. The number of aryl methyl sites for hydroxylation is 1. The number of nitrogens with zero attached hydrogens (tertiary/aromatic N) is 2. The number of piperidine rings is 1. The van der Waals surface area contributed by atoms with Gasteiger partial charge in [-0.3, -0.25) is 0 Å². The fourth-order valence-corrected chi connectivity index (χ4v) is 5.72. The van der Waals surface area contributed by atoms with Gasteiger partial charge in [0.2, 0.25) is 10.0 Å². The zero-order valence-electron chi connectivity index (χ0n) is 18.2. The van der Waals surface area contributed by atoms with Gasteiger partial charge in [0.25, 0.3) is 0 Å². The summed E-state index contributed by atoms with van der Waals surface area (Å²) in [4.78, 5) is 1.99. The first kappa shape index (κ1) is 22.7. The van der Waals surface area contributed by atoms with Crippen molar-refractivity contribution in [2.75, 3.05) is 40.8 Å². The highest BCUT2D eigenvalue weighted by molar-refractivity contribution is 7.88. The van der Waals surface area contributed by atoms with Crippen molar-refractivity contribution in [1.82, 2.24) is 9.21 Å². The van der Waals surface area contributed by atoms with Crippen molar-refractivity contribution >= 4 is 10.0 Å². The molecule has 1 heterocycles. The van der Waals surface area contributed by atoms with Gasteiger partial charge in [0.1, 0.15) is 5.75 Å². The Morgan fingerprint density at radius 3 is 2.53 bits per heavy atom. The molecular formula is C23H32N2O4S. The second-order valence-electron chi connectivity index (χ2n) is 8.47. The fourth-order valence-electron chi connectivity index (χ4n) is 4.15. The lowest BCUT2D eigenvalue weighted by Gasteiger charge is -2.45. The summed E-state index contributed by atoms with van der Waals surface area (Å²) in [7, 11) is 1.99. The normalized spacial score (nSPS) is 22.9. The Kier molecular flexibility index (Phi) is 6.87. The van der Waals surface area contributed by atoms with Crippen LogP contribution in [0, 0.1) is 12.8 Å². The minimum atomic E-state index is -3.48. The molecule has 2 atom stereocenters. The number of rotatable bonds is 7. The van der Waals surface area contributed by atoms with Crippen molar-refractivity contribution in [2.45, 2.75) is 24.7 Å². The van der Waals surface area contributed by atoms with Gasteiger partial charge in [-0.15, -0.1) is 0 Å². The van der Waals surface area contributed by atoms with E-state index in [2.05, 4.69) is 0 Å². The zero-order chi connectivity index (χ0) is 21.9. The first-order valence-corrected chi connectivity index (χ1v) is 11.8. The van der Waals surface area contributed by atoms with Gasteiger partial charge in [0.15, 0.2) is 0 Å². The van der Waals surface area contributed by atoms with Crippen LogP contribution in [-0.2, 0) is 21.4 Å². The zero-order valence-corrected chi connectivity index (χ0v) is 19.0. The van der Waals surface area contributed by atoms with Crippen molar-refractivity contribution in [3.05, 3.63) is 65.2 Å². The largest absolute Gasteiger partial charge is 0.497 e. The minimum absolute atomic E-state index is 0.0282. The Labute approximate surface area is 180 Å². The van der Waals surface area contributed by atoms with Gasteiger partial charge in [-0.05, 0) is 50.7 Å². The second-order valence-corrected chi connectivity index (χ2v) is 10.4. The molecule has 0 aliphatic carbocycles. The van der Waals surface area contributed by atoms with E-state index < -0.39 is 15.6 Å². The highest BCUT2D eigenvalue weighted by atomic mass is 32.2. The van der Waals surface area contributed by atoms with Gasteiger partial charge in [0.05, 0.1) is 18.5 Å². The van der Waals surface area contributed by atoms with Crippen LogP contribution in [0.3, 0.4) is 0 Å². The summed E-state index contributed by atoms with van der Waals surface area (Å²) in [5.74, 6) is 0.389. The molecule has 2 aromatic carbocycles. The number of hydrogen-bond donors (Lipinski definition) is 1. The van der Waals surface area contributed by atoms with E-state index >= 15 is 0 Å². The van der Waals surface area contributed by atoms with Gasteiger partial charge in [-0.2, -0.15) is 0 Å². The first-order valence-electron chi connectivity index (χ1n) is 10.2. The quantitative estimate of drug-likeness (QED) is 0.728. The van der Waals surface area contributed by atoms with Crippen molar-refractivity contribution in [3.63, 3.8) is 0 Å². The third kappa shape index (κ3) is 5.03. The average molecular weight is 433 g/mol. The van der Waals surface area contributed by atoms with Crippen molar-refractivity contribution in [2.24, 2.45) is 5.92 Å². The molecule has 30 heavy (non-hydrogen) atoms. The Hall–Kier alpha value is -1.93. The lowest BCUT2D eigenvalue weighted by Crippen LogP contribution is -2.54. The molecule has 0 aromatic heterocycles. The van der Waals surface area contributed by atoms with Crippen molar-refractivity contribution < 1.29 is 18.3 Å². The summed E-state index contributed by atoms with van der Waals surface area (Å²) < 4.78 is 33.1. The minimum Gasteiger partial charge on any atom is -0.497 e. The predicted molar refractivity (Wildman–Crippen MR) is 119 cm³/mol. The van der Waals surface area contributed by atoms with Crippen LogP contribution in [0.1, 0.15) is 23.1 Å². The van der Waals surface area contributed by atoms with Crippen LogP contribution in [-0.4, -0.2) is 63.6 Å². The highest BCUT2D eigenvalue weighted by Gasteiger charge is 2.45.